The standard InChI is InChI=1S/C20H20BrNO5S/c1-4-27-20(23)19-14-10-18(26-3)15(21)11-16(14)22(2)17(19)12-28(24,25)13-8-6-5-7-9-13/h5-11H,4,12H2,1-3H3. The fourth-order valence-electron chi connectivity index (χ4n) is 3.14. The predicted molar refractivity (Wildman–Crippen MR) is 110 cm³/mol. The van der Waals surface area contributed by atoms with Gasteiger partial charge in [-0.15, -0.1) is 0 Å². The third kappa shape index (κ3) is 3.66. The van der Waals surface area contributed by atoms with Crippen molar-refractivity contribution in [3.63, 3.8) is 0 Å². The molecule has 0 atom stereocenters. The maximum Gasteiger partial charge on any atom is 0.340 e. The number of esters is 1. The van der Waals surface area contributed by atoms with Gasteiger partial charge in [0.2, 0.25) is 0 Å². The van der Waals surface area contributed by atoms with E-state index in [1.165, 1.54) is 7.11 Å². The van der Waals surface area contributed by atoms with Crippen LogP contribution in [-0.4, -0.2) is 32.7 Å². The summed E-state index contributed by atoms with van der Waals surface area (Å²) in [6, 6.07) is 11.7. The Labute approximate surface area is 172 Å². The smallest absolute Gasteiger partial charge is 0.340 e. The van der Waals surface area contributed by atoms with Gasteiger partial charge in [-0.25, -0.2) is 13.2 Å². The summed E-state index contributed by atoms with van der Waals surface area (Å²) in [5.41, 5.74) is 1.32. The quantitative estimate of drug-likeness (QED) is 0.512. The molecule has 0 aliphatic rings. The van der Waals surface area contributed by atoms with Crippen LogP contribution in [0.3, 0.4) is 0 Å². The molecule has 2 aromatic carbocycles. The zero-order valence-corrected chi connectivity index (χ0v) is 18.1. The molecule has 28 heavy (non-hydrogen) atoms. The molecular formula is C20H20BrNO5S. The number of fused-ring (bicyclic) bond motifs is 1. The van der Waals surface area contributed by atoms with Crippen LogP contribution in [-0.2, 0) is 27.4 Å². The fourth-order valence-corrected chi connectivity index (χ4v) is 5.07. The van der Waals surface area contributed by atoms with Crippen LogP contribution in [0.25, 0.3) is 10.9 Å². The molecular weight excluding hydrogens is 446 g/mol. The predicted octanol–water partition coefficient (Wildman–Crippen LogP) is 4.10. The number of aryl methyl sites for hydroxylation is 1. The summed E-state index contributed by atoms with van der Waals surface area (Å²) < 4.78 is 38.9. The van der Waals surface area contributed by atoms with Gasteiger partial charge in [0.1, 0.15) is 5.75 Å². The number of carbonyl (C=O) groups excluding carboxylic acids is 1. The van der Waals surface area contributed by atoms with Gasteiger partial charge in [-0.05, 0) is 47.1 Å². The average Bonchev–Trinajstić information content (AvgIpc) is 2.93. The number of nitrogens with zero attached hydrogens (tertiary/aromatic N) is 1. The lowest BCUT2D eigenvalue weighted by molar-refractivity contribution is 0.0527. The van der Waals surface area contributed by atoms with Crippen LogP contribution in [0, 0.1) is 0 Å². The Morgan fingerprint density at radius 3 is 2.46 bits per heavy atom. The van der Waals surface area contributed by atoms with Crippen LogP contribution in [0.4, 0.5) is 0 Å². The van der Waals surface area contributed by atoms with E-state index in [2.05, 4.69) is 15.9 Å². The molecule has 0 radical (unpaired) electrons. The third-order valence-corrected chi connectivity index (χ3v) is 6.77. The SMILES string of the molecule is CCOC(=O)c1c(CS(=O)(=O)c2ccccc2)n(C)c2cc(Br)c(OC)cc12. The maximum atomic E-state index is 13.0. The topological polar surface area (TPSA) is 74.6 Å². The minimum absolute atomic E-state index is 0.188. The third-order valence-electron chi connectivity index (χ3n) is 4.50. The number of sulfone groups is 1. The van der Waals surface area contributed by atoms with E-state index >= 15 is 0 Å². The summed E-state index contributed by atoms with van der Waals surface area (Å²) in [6.07, 6.45) is 0. The molecule has 0 N–H and O–H groups in total. The van der Waals surface area contributed by atoms with E-state index in [1.807, 2.05) is 0 Å². The molecule has 8 heteroatoms. The van der Waals surface area contributed by atoms with E-state index in [0.29, 0.717) is 26.8 Å². The van der Waals surface area contributed by atoms with Crippen molar-refractivity contribution in [3.05, 3.63) is 58.2 Å². The molecule has 148 valence electrons. The summed E-state index contributed by atoms with van der Waals surface area (Å²) in [5.74, 6) is -0.340. The van der Waals surface area contributed by atoms with Crippen molar-refractivity contribution in [1.29, 1.82) is 0 Å². The normalized spacial score (nSPS) is 11.6. The van der Waals surface area contributed by atoms with E-state index in [4.69, 9.17) is 9.47 Å². The molecule has 0 aliphatic heterocycles. The first-order valence-corrected chi connectivity index (χ1v) is 11.0. The molecule has 0 fully saturated rings. The van der Waals surface area contributed by atoms with Gasteiger partial charge in [-0.1, -0.05) is 18.2 Å². The number of ether oxygens (including phenoxy) is 2. The number of rotatable bonds is 6. The van der Waals surface area contributed by atoms with Crippen molar-refractivity contribution in [2.45, 2.75) is 17.6 Å². The molecule has 6 nitrogen and oxygen atoms in total. The zero-order valence-electron chi connectivity index (χ0n) is 15.7. The number of methoxy groups -OCH3 is 1. The molecule has 0 saturated carbocycles. The van der Waals surface area contributed by atoms with E-state index in [9.17, 15) is 13.2 Å². The Hall–Kier alpha value is -2.32. The molecule has 0 amide bonds. The second kappa shape index (κ2) is 7.97. The average molecular weight is 466 g/mol. The zero-order chi connectivity index (χ0) is 20.5. The molecule has 0 unspecified atom stereocenters. The van der Waals surface area contributed by atoms with Crippen LogP contribution < -0.4 is 4.74 Å². The Bertz CT molecular complexity index is 1140. The highest BCUT2D eigenvalue weighted by Crippen LogP contribution is 2.36. The first kappa shape index (κ1) is 20.4. The van der Waals surface area contributed by atoms with Crippen LogP contribution in [0.15, 0.2) is 51.8 Å². The van der Waals surface area contributed by atoms with Crippen molar-refractivity contribution in [1.82, 2.24) is 4.57 Å². The second-order valence-electron chi connectivity index (χ2n) is 6.18. The van der Waals surface area contributed by atoms with Gasteiger partial charge in [0, 0.05) is 18.1 Å². The lowest BCUT2D eigenvalue weighted by atomic mass is 10.1. The minimum Gasteiger partial charge on any atom is -0.496 e. The molecule has 3 rings (SSSR count). The first-order chi connectivity index (χ1) is 13.3. The number of aromatic nitrogens is 1. The summed E-state index contributed by atoms with van der Waals surface area (Å²) >= 11 is 3.44. The maximum absolute atomic E-state index is 13.0. The first-order valence-electron chi connectivity index (χ1n) is 8.59. The number of halogens is 1. The van der Waals surface area contributed by atoms with Crippen molar-refractivity contribution in [2.24, 2.45) is 7.05 Å². The monoisotopic (exact) mass is 465 g/mol. The highest BCUT2D eigenvalue weighted by Gasteiger charge is 2.27. The molecule has 0 bridgehead atoms. The Morgan fingerprint density at radius 1 is 1.18 bits per heavy atom. The van der Waals surface area contributed by atoms with E-state index in [-0.39, 0.29) is 22.8 Å². The number of carbonyl (C=O) groups is 1. The van der Waals surface area contributed by atoms with Gasteiger partial charge < -0.3 is 14.0 Å². The summed E-state index contributed by atoms with van der Waals surface area (Å²) in [4.78, 5) is 12.9. The fraction of sp³-hybridized carbons (Fsp3) is 0.250. The van der Waals surface area contributed by atoms with Crippen molar-refractivity contribution >= 4 is 42.6 Å². The van der Waals surface area contributed by atoms with Crippen molar-refractivity contribution in [3.8, 4) is 5.75 Å². The van der Waals surface area contributed by atoms with Gasteiger partial charge in [0.15, 0.2) is 9.84 Å². The van der Waals surface area contributed by atoms with E-state index in [1.54, 1.807) is 61.0 Å². The summed E-state index contributed by atoms with van der Waals surface area (Å²) in [5, 5.41) is 0.583. The highest BCUT2D eigenvalue weighted by atomic mass is 79.9. The van der Waals surface area contributed by atoms with Gasteiger partial charge in [-0.2, -0.15) is 0 Å². The van der Waals surface area contributed by atoms with Gasteiger partial charge >= 0.3 is 5.97 Å². The summed E-state index contributed by atoms with van der Waals surface area (Å²) in [6.45, 7) is 1.90. The number of hydrogen-bond donors (Lipinski definition) is 0. The van der Waals surface area contributed by atoms with Crippen LogP contribution in [0.1, 0.15) is 23.0 Å². The molecule has 1 aromatic heterocycles. The van der Waals surface area contributed by atoms with E-state index < -0.39 is 15.8 Å². The van der Waals surface area contributed by atoms with Crippen LogP contribution in [0.2, 0.25) is 0 Å². The van der Waals surface area contributed by atoms with Gasteiger partial charge in [0.25, 0.3) is 0 Å². The largest absolute Gasteiger partial charge is 0.496 e. The second-order valence-corrected chi connectivity index (χ2v) is 9.02. The van der Waals surface area contributed by atoms with Gasteiger partial charge in [-0.3, -0.25) is 0 Å². The Morgan fingerprint density at radius 2 is 1.86 bits per heavy atom. The van der Waals surface area contributed by atoms with Gasteiger partial charge in [0.05, 0.1) is 39.9 Å². The van der Waals surface area contributed by atoms with E-state index in [0.717, 1.165) is 0 Å². The molecule has 0 aliphatic carbocycles. The van der Waals surface area contributed by atoms with Crippen LogP contribution in [0.5, 0.6) is 5.75 Å². The highest BCUT2D eigenvalue weighted by molar-refractivity contribution is 9.10. The Kier molecular flexibility index (Phi) is 5.81. The number of benzene rings is 2. The van der Waals surface area contributed by atoms with Crippen molar-refractivity contribution in [2.75, 3.05) is 13.7 Å². The lowest BCUT2D eigenvalue weighted by Gasteiger charge is -2.09. The lowest BCUT2D eigenvalue weighted by Crippen LogP contribution is -2.13. The molecule has 1 heterocycles. The molecule has 0 spiro atoms. The minimum atomic E-state index is -3.65. The van der Waals surface area contributed by atoms with Crippen LogP contribution >= 0.6 is 15.9 Å². The molecule has 3 aromatic rings. The molecule has 0 saturated heterocycles. The van der Waals surface area contributed by atoms with Crippen molar-refractivity contribution < 1.29 is 22.7 Å². The summed E-state index contributed by atoms with van der Waals surface area (Å²) in [7, 11) is -0.388. The Balaban J connectivity index is 2.25. The number of hydrogen-bond acceptors (Lipinski definition) is 5.